The Morgan fingerprint density at radius 3 is 2.45 bits per heavy atom. The molecule has 3 aromatic rings. The van der Waals surface area contributed by atoms with Gasteiger partial charge in [0.1, 0.15) is 6.54 Å². The number of hydrogen-bond acceptors (Lipinski definition) is 3. The molecule has 2 amide bonds. The maximum absolute atomic E-state index is 12.8. The van der Waals surface area contributed by atoms with Crippen molar-refractivity contribution in [1.82, 2.24) is 9.47 Å². The molecule has 0 radical (unpaired) electrons. The highest BCUT2D eigenvalue weighted by Crippen LogP contribution is 2.30. The summed E-state index contributed by atoms with van der Waals surface area (Å²) in [7, 11) is 0. The molecule has 2 aromatic carbocycles. The van der Waals surface area contributed by atoms with E-state index < -0.39 is 0 Å². The molecule has 1 aliphatic rings. The number of aromatic nitrogens is 1. The molecule has 6 heteroatoms. The van der Waals surface area contributed by atoms with Gasteiger partial charge in [0.2, 0.25) is 11.8 Å². The van der Waals surface area contributed by atoms with Gasteiger partial charge in [0.15, 0.2) is 0 Å². The summed E-state index contributed by atoms with van der Waals surface area (Å²) in [6.45, 7) is 6.11. The minimum absolute atomic E-state index is 0.0313. The van der Waals surface area contributed by atoms with Crippen LogP contribution in [-0.2, 0) is 16.1 Å². The minimum Gasteiger partial charge on any atom is -0.341 e. The van der Waals surface area contributed by atoms with E-state index in [-0.39, 0.29) is 11.8 Å². The average molecular weight is 436 g/mol. The molecule has 0 atom stereocenters. The Hall–Kier alpha value is -2.73. The van der Waals surface area contributed by atoms with E-state index in [0.717, 1.165) is 58.5 Å². The zero-order valence-corrected chi connectivity index (χ0v) is 19.0. The van der Waals surface area contributed by atoms with Crippen molar-refractivity contribution in [2.45, 2.75) is 44.6 Å². The molecule has 1 N–H and O–H groups in total. The number of benzene rings is 2. The number of amides is 2. The number of likely N-dealkylation sites (tertiary alicyclic amines) is 1. The second-order valence-electron chi connectivity index (χ2n) is 8.29. The molecule has 162 valence electrons. The SMILES string of the molecule is Cc1cc(C)cc(NC(=O)CSc2cn(CC(=O)N3CCCCC3)c3ccccc23)c1. The zero-order chi connectivity index (χ0) is 21.8. The van der Waals surface area contributed by atoms with Gasteiger partial charge in [-0.05, 0) is 62.4 Å². The van der Waals surface area contributed by atoms with E-state index in [1.54, 1.807) is 0 Å². The van der Waals surface area contributed by atoms with E-state index >= 15 is 0 Å². The summed E-state index contributed by atoms with van der Waals surface area (Å²) in [5.74, 6) is 0.460. The van der Waals surface area contributed by atoms with Crippen molar-refractivity contribution in [1.29, 1.82) is 0 Å². The summed E-state index contributed by atoms with van der Waals surface area (Å²) >= 11 is 1.51. The molecule has 0 aliphatic carbocycles. The first-order valence-electron chi connectivity index (χ1n) is 10.9. The van der Waals surface area contributed by atoms with Gasteiger partial charge in [0, 0.05) is 40.8 Å². The van der Waals surface area contributed by atoms with Crippen molar-refractivity contribution in [3.8, 4) is 0 Å². The molecule has 2 heterocycles. The zero-order valence-electron chi connectivity index (χ0n) is 18.2. The summed E-state index contributed by atoms with van der Waals surface area (Å²) in [5, 5.41) is 4.08. The van der Waals surface area contributed by atoms with Crippen LogP contribution in [0.2, 0.25) is 0 Å². The number of anilines is 1. The Kier molecular flexibility index (Phi) is 6.66. The number of para-hydroxylation sites is 1. The lowest BCUT2D eigenvalue weighted by Gasteiger charge is -2.27. The Labute approximate surface area is 187 Å². The lowest BCUT2D eigenvalue weighted by molar-refractivity contribution is -0.132. The predicted octanol–water partition coefficient (Wildman–Crippen LogP) is 5.00. The maximum Gasteiger partial charge on any atom is 0.242 e. The van der Waals surface area contributed by atoms with E-state index in [0.29, 0.717) is 12.3 Å². The van der Waals surface area contributed by atoms with Crippen LogP contribution in [-0.4, -0.2) is 40.1 Å². The van der Waals surface area contributed by atoms with Crippen molar-refractivity contribution < 1.29 is 9.59 Å². The van der Waals surface area contributed by atoms with Crippen molar-refractivity contribution in [2.75, 3.05) is 24.2 Å². The minimum atomic E-state index is -0.0313. The van der Waals surface area contributed by atoms with Crippen LogP contribution in [0, 0.1) is 13.8 Å². The van der Waals surface area contributed by atoms with Gasteiger partial charge in [0.05, 0.1) is 5.75 Å². The maximum atomic E-state index is 12.8. The van der Waals surface area contributed by atoms with E-state index in [4.69, 9.17) is 0 Å². The van der Waals surface area contributed by atoms with Crippen LogP contribution in [0.25, 0.3) is 10.9 Å². The third-order valence-electron chi connectivity index (χ3n) is 5.63. The predicted molar refractivity (Wildman–Crippen MR) is 128 cm³/mol. The fourth-order valence-electron chi connectivity index (χ4n) is 4.24. The Bertz CT molecular complexity index is 1080. The number of thioether (sulfide) groups is 1. The molecule has 1 aromatic heterocycles. The van der Waals surface area contributed by atoms with Gasteiger partial charge in [-0.1, -0.05) is 24.3 Å². The lowest BCUT2D eigenvalue weighted by atomic mass is 10.1. The van der Waals surface area contributed by atoms with Gasteiger partial charge in [-0.2, -0.15) is 0 Å². The smallest absolute Gasteiger partial charge is 0.242 e. The molecule has 1 aliphatic heterocycles. The summed E-state index contributed by atoms with van der Waals surface area (Å²) in [5.41, 5.74) is 4.12. The monoisotopic (exact) mass is 435 g/mol. The molecular formula is C25H29N3O2S. The number of aryl methyl sites for hydroxylation is 2. The molecule has 0 spiro atoms. The first-order valence-corrected chi connectivity index (χ1v) is 11.8. The number of rotatable bonds is 6. The van der Waals surface area contributed by atoms with E-state index in [1.807, 2.05) is 59.8 Å². The Morgan fingerprint density at radius 2 is 1.71 bits per heavy atom. The standard InChI is InChI=1S/C25H29N3O2S/c1-18-12-19(2)14-20(13-18)26-24(29)17-31-23-15-28(22-9-5-4-8-21(22)23)16-25(30)27-10-6-3-7-11-27/h4-5,8-9,12-15H,3,6-7,10-11,16-17H2,1-2H3,(H,26,29). The van der Waals surface area contributed by atoms with Gasteiger partial charge < -0.3 is 14.8 Å². The van der Waals surface area contributed by atoms with Crippen molar-refractivity contribution in [3.63, 3.8) is 0 Å². The number of fused-ring (bicyclic) bond motifs is 1. The number of carbonyl (C=O) groups excluding carboxylic acids is 2. The Balaban J connectivity index is 1.45. The van der Waals surface area contributed by atoms with Crippen LogP contribution in [0.4, 0.5) is 5.69 Å². The first kappa shape index (κ1) is 21.5. The van der Waals surface area contributed by atoms with Gasteiger partial charge in [0.25, 0.3) is 0 Å². The fourth-order valence-corrected chi connectivity index (χ4v) is 5.12. The summed E-state index contributed by atoms with van der Waals surface area (Å²) < 4.78 is 2.02. The van der Waals surface area contributed by atoms with Gasteiger partial charge in [-0.15, -0.1) is 11.8 Å². The molecule has 1 saturated heterocycles. The number of piperidine rings is 1. The largest absolute Gasteiger partial charge is 0.341 e. The third-order valence-corrected chi connectivity index (χ3v) is 6.67. The molecule has 0 saturated carbocycles. The van der Waals surface area contributed by atoms with Crippen molar-refractivity contribution in [2.24, 2.45) is 0 Å². The number of nitrogens with zero attached hydrogens (tertiary/aromatic N) is 2. The van der Waals surface area contributed by atoms with Crippen LogP contribution < -0.4 is 5.32 Å². The molecule has 31 heavy (non-hydrogen) atoms. The molecule has 4 rings (SSSR count). The van der Waals surface area contributed by atoms with Crippen LogP contribution in [0.5, 0.6) is 0 Å². The van der Waals surface area contributed by atoms with Gasteiger partial charge >= 0.3 is 0 Å². The fraction of sp³-hybridized carbons (Fsp3) is 0.360. The molecule has 0 bridgehead atoms. The normalized spacial score (nSPS) is 14.1. The van der Waals surface area contributed by atoms with Gasteiger partial charge in [-0.25, -0.2) is 0 Å². The first-order chi connectivity index (χ1) is 15.0. The number of carbonyl (C=O) groups is 2. The van der Waals surface area contributed by atoms with Crippen LogP contribution in [0.15, 0.2) is 53.6 Å². The highest BCUT2D eigenvalue weighted by molar-refractivity contribution is 8.00. The van der Waals surface area contributed by atoms with Crippen molar-refractivity contribution in [3.05, 3.63) is 59.8 Å². The highest BCUT2D eigenvalue weighted by Gasteiger charge is 2.19. The Morgan fingerprint density at radius 1 is 1.00 bits per heavy atom. The van der Waals surface area contributed by atoms with E-state index in [2.05, 4.69) is 17.4 Å². The van der Waals surface area contributed by atoms with E-state index in [1.165, 1.54) is 18.2 Å². The third kappa shape index (κ3) is 5.31. The van der Waals surface area contributed by atoms with Crippen LogP contribution >= 0.6 is 11.8 Å². The quantitative estimate of drug-likeness (QED) is 0.554. The molecule has 1 fully saturated rings. The van der Waals surface area contributed by atoms with Crippen LogP contribution in [0.1, 0.15) is 30.4 Å². The van der Waals surface area contributed by atoms with E-state index in [9.17, 15) is 9.59 Å². The summed E-state index contributed by atoms with van der Waals surface area (Å²) in [6.07, 6.45) is 5.41. The topological polar surface area (TPSA) is 54.3 Å². The number of hydrogen-bond donors (Lipinski definition) is 1. The highest BCUT2D eigenvalue weighted by atomic mass is 32.2. The second kappa shape index (κ2) is 9.60. The summed E-state index contributed by atoms with van der Waals surface area (Å²) in [4.78, 5) is 28.3. The second-order valence-corrected chi connectivity index (χ2v) is 9.31. The lowest BCUT2D eigenvalue weighted by Crippen LogP contribution is -2.37. The van der Waals surface area contributed by atoms with Crippen molar-refractivity contribution >= 4 is 40.2 Å². The van der Waals surface area contributed by atoms with Crippen LogP contribution in [0.3, 0.4) is 0 Å². The number of nitrogens with one attached hydrogen (secondary N) is 1. The molecular weight excluding hydrogens is 406 g/mol. The van der Waals surface area contributed by atoms with Gasteiger partial charge in [-0.3, -0.25) is 9.59 Å². The molecule has 5 nitrogen and oxygen atoms in total. The molecule has 0 unspecified atom stereocenters. The summed E-state index contributed by atoms with van der Waals surface area (Å²) in [6, 6.07) is 14.1. The average Bonchev–Trinajstić information content (AvgIpc) is 3.10.